The zero-order valence-electron chi connectivity index (χ0n) is 15.8. The second-order valence-electron chi connectivity index (χ2n) is 6.00. The van der Waals surface area contributed by atoms with Gasteiger partial charge in [-0.3, -0.25) is 9.59 Å². The molecule has 0 saturated heterocycles. The van der Waals surface area contributed by atoms with Crippen LogP contribution in [0.25, 0.3) is 12.2 Å². The Balaban J connectivity index is 1.80. The molecule has 0 saturated carbocycles. The van der Waals surface area contributed by atoms with E-state index in [4.69, 9.17) is 0 Å². The normalized spacial score (nSPS) is 12.4. The Bertz CT molecular complexity index is 837. The van der Waals surface area contributed by atoms with Gasteiger partial charge in [-0.05, 0) is 36.1 Å². The van der Waals surface area contributed by atoms with Crippen molar-refractivity contribution in [3.05, 3.63) is 82.9 Å². The Morgan fingerprint density at radius 2 is 1.04 bits per heavy atom. The summed E-state index contributed by atoms with van der Waals surface area (Å²) in [4.78, 5) is 23.4. The summed E-state index contributed by atoms with van der Waals surface area (Å²) < 4.78 is 0. The van der Waals surface area contributed by atoms with Crippen molar-refractivity contribution in [1.82, 2.24) is 10.9 Å². The van der Waals surface area contributed by atoms with Gasteiger partial charge in [-0.15, -0.1) is 0 Å². The molecule has 0 atom stereocenters. The van der Waals surface area contributed by atoms with Crippen molar-refractivity contribution < 1.29 is 9.59 Å². The van der Waals surface area contributed by atoms with Crippen molar-refractivity contribution in [2.24, 2.45) is 10.2 Å². The van der Waals surface area contributed by atoms with Crippen molar-refractivity contribution in [1.29, 1.82) is 0 Å². The van der Waals surface area contributed by atoms with Crippen LogP contribution in [0.3, 0.4) is 0 Å². The van der Waals surface area contributed by atoms with Crippen LogP contribution in [0.5, 0.6) is 0 Å². The lowest BCUT2D eigenvalue weighted by atomic mass is 10.1. The van der Waals surface area contributed by atoms with Crippen molar-refractivity contribution >= 4 is 36.4 Å². The van der Waals surface area contributed by atoms with E-state index in [1.54, 1.807) is 0 Å². The van der Waals surface area contributed by atoms with Gasteiger partial charge in [0.15, 0.2) is 0 Å². The van der Waals surface area contributed by atoms with Gasteiger partial charge in [-0.1, -0.05) is 72.8 Å². The molecule has 0 heterocycles. The highest BCUT2D eigenvalue weighted by Gasteiger charge is 2.10. The number of hydrazone groups is 2. The van der Waals surface area contributed by atoms with E-state index in [1.165, 1.54) is 12.4 Å². The molecule has 2 rings (SSSR count). The molecule has 28 heavy (non-hydrogen) atoms. The fourth-order valence-electron chi connectivity index (χ4n) is 2.19. The van der Waals surface area contributed by atoms with E-state index in [9.17, 15) is 9.59 Å². The van der Waals surface area contributed by atoms with Gasteiger partial charge in [-0.25, -0.2) is 10.9 Å². The molecule has 0 aliphatic heterocycles. The van der Waals surface area contributed by atoms with Gasteiger partial charge in [0, 0.05) is 0 Å². The van der Waals surface area contributed by atoms with Crippen LogP contribution in [0.2, 0.25) is 0 Å². The minimum absolute atomic E-state index is 0.826. The Morgan fingerprint density at radius 3 is 1.39 bits per heavy atom. The van der Waals surface area contributed by atoms with Crippen LogP contribution in [0.4, 0.5) is 0 Å². The van der Waals surface area contributed by atoms with E-state index < -0.39 is 11.8 Å². The summed E-state index contributed by atoms with van der Waals surface area (Å²) in [5.74, 6) is -1.80. The second kappa shape index (κ2) is 11.0. The van der Waals surface area contributed by atoms with Gasteiger partial charge < -0.3 is 0 Å². The predicted molar refractivity (Wildman–Crippen MR) is 113 cm³/mol. The molecule has 6 nitrogen and oxygen atoms in total. The lowest BCUT2D eigenvalue weighted by molar-refractivity contribution is -0.139. The Labute approximate surface area is 164 Å². The first kappa shape index (κ1) is 20.5. The standard InChI is InChI=1S/C22H22N4O2/c1-17(13-19-9-5-3-6-10-19)15-23-25-21(27)22(28)26-24-16-18(2)14-20-11-7-4-8-12-20/h3-16H,1-2H3,(H,25,27)(H,26,28)/b17-13+,18-14+,23-15+,24-16+. The number of nitrogens with zero attached hydrogens (tertiary/aromatic N) is 2. The number of rotatable bonds is 6. The van der Waals surface area contributed by atoms with E-state index in [0.717, 1.165) is 22.3 Å². The van der Waals surface area contributed by atoms with Crippen LogP contribution < -0.4 is 10.9 Å². The molecule has 0 bridgehead atoms. The molecule has 2 aromatic rings. The predicted octanol–water partition coefficient (Wildman–Crippen LogP) is 3.40. The van der Waals surface area contributed by atoms with Gasteiger partial charge in [0.2, 0.25) is 0 Å². The van der Waals surface area contributed by atoms with E-state index >= 15 is 0 Å². The van der Waals surface area contributed by atoms with Crippen molar-refractivity contribution in [3.63, 3.8) is 0 Å². The third-order valence-corrected chi connectivity index (χ3v) is 3.46. The number of amides is 2. The van der Waals surface area contributed by atoms with E-state index in [1.807, 2.05) is 86.7 Å². The zero-order valence-corrected chi connectivity index (χ0v) is 15.8. The van der Waals surface area contributed by atoms with Crippen LogP contribution in [-0.2, 0) is 9.59 Å². The molecule has 0 aliphatic carbocycles. The van der Waals surface area contributed by atoms with Crippen LogP contribution in [-0.4, -0.2) is 24.2 Å². The summed E-state index contributed by atoms with van der Waals surface area (Å²) in [5.41, 5.74) is 8.02. The molecular formula is C22H22N4O2. The van der Waals surface area contributed by atoms with Crippen LogP contribution >= 0.6 is 0 Å². The Hall–Kier alpha value is -3.80. The first-order valence-corrected chi connectivity index (χ1v) is 8.68. The molecule has 0 spiro atoms. The first-order valence-electron chi connectivity index (χ1n) is 8.68. The molecule has 0 radical (unpaired) electrons. The Morgan fingerprint density at radius 1 is 0.679 bits per heavy atom. The smallest absolute Gasteiger partial charge is 0.262 e. The summed E-state index contributed by atoms with van der Waals surface area (Å²) in [6, 6.07) is 19.4. The quantitative estimate of drug-likeness (QED) is 0.461. The van der Waals surface area contributed by atoms with Gasteiger partial charge in [-0.2, -0.15) is 10.2 Å². The largest absolute Gasteiger partial charge is 0.331 e. The third-order valence-electron chi connectivity index (χ3n) is 3.46. The number of carbonyl (C=O) groups is 2. The number of hydrogen-bond acceptors (Lipinski definition) is 4. The van der Waals surface area contributed by atoms with Crippen LogP contribution in [0.15, 0.2) is 82.0 Å². The average Bonchev–Trinajstić information content (AvgIpc) is 2.69. The molecule has 2 aromatic carbocycles. The Kier molecular flexibility index (Phi) is 8.08. The minimum Gasteiger partial charge on any atom is -0.262 e. The molecule has 0 unspecified atom stereocenters. The van der Waals surface area contributed by atoms with Gasteiger partial charge >= 0.3 is 11.8 Å². The maximum absolute atomic E-state index is 11.7. The molecule has 0 aromatic heterocycles. The van der Waals surface area contributed by atoms with Crippen LogP contribution in [0, 0.1) is 0 Å². The van der Waals surface area contributed by atoms with Crippen molar-refractivity contribution in [3.8, 4) is 0 Å². The SMILES string of the molecule is CC(/C=N/NC(=O)C(=O)N/N=C/C(C)=C/c1ccccc1)=C\c1ccccc1. The molecule has 2 amide bonds. The summed E-state index contributed by atoms with van der Waals surface area (Å²) >= 11 is 0. The molecule has 6 heteroatoms. The second-order valence-corrected chi connectivity index (χ2v) is 6.00. The summed E-state index contributed by atoms with van der Waals surface area (Å²) in [7, 11) is 0. The number of benzene rings is 2. The maximum Gasteiger partial charge on any atom is 0.331 e. The number of carbonyl (C=O) groups excluding carboxylic acids is 2. The van der Waals surface area contributed by atoms with Gasteiger partial charge in [0.25, 0.3) is 0 Å². The van der Waals surface area contributed by atoms with E-state index in [0.29, 0.717) is 0 Å². The molecule has 142 valence electrons. The fraction of sp³-hybridized carbons (Fsp3) is 0.0909. The minimum atomic E-state index is -0.898. The summed E-state index contributed by atoms with van der Waals surface area (Å²) in [6.45, 7) is 3.68. The van der Waals surface area contributed by atoms with Crippen molar-refractivity contribution in [2.45, 2.75) is 13.8 Å². The maximum atomic E-state index is 11.7. The first-order chi connectivity index (χ1) is 13.5. The van der Waals surface area contributed by atoms with E-state index in [-0.39, 0.29) is 0 Å². The van der Waals surface area contributed by atoms with Crippen molar-refractivity contribution in [2.75, 3.05) is 0 Å². The highest BCUT2D eigenvalue weighted by molar-refractivity contribution is 6.35. The lowest BCUT2D eigenvalue weighted by Gasteiger charge is -1.99. The molecule has 0 aliphatic rings. The number of allylic oxidation sites excluding steroid dienone is 2. The molecule has 2 N–H and O–H groups in total. The molecule has 0 fully saturated rings. The zero-order chi connectivity index (χ0) is 20.2. The summed E-state index contributed by atoms with van der Waals surface area (Å²) in [5, 5.41) is 7.54. The number of nitrogens with one attached hydrogen (secondary N) is 2. The monoisotopic (exact) mass is 374 g/mol. The number of hydrogen-bond donors (Lipinski definition) is 2. The molecular weight excluding hydrogens is 352 g/mol. The van der Waals surface area contributed by atoms with Gasteiger partial charge in [0.1, 0.15) is 0 Å². The highest BCUT2D eigenvalue weighted by atomic mass is 16.2. The van der Waals surface area contributed by atoms with E-state index in [2.05, 4.69) is 21.1 Å². The van der Waals surface area contributed by atoms with Gasteiger partial charge in [0.05, 0.1) is 12.4 Å². The third kappa shape index (κ3) is 7.61. The lowest BCUT2D eigenvalue weighted by Crippen LogP contribution is -2.35. The van der Waals surface area contributed by atoms with Crippen LogP contribution in [0.1, 0.15) is 25.0 Å². The summed E-state index contributed by atoms with van der Waals surface area (Å²) in [6.07, 6.45) is 6.74. The fourth-order valence-corrected chi connectivity index (χ4v) is 2.19. The topological polar surface area (TPSA) is 82.9 Å². The average molecular weight is 374 g/mol. The highest BCUT2D eigenvalue weighted by Crippen LogP contribution is 2.05.